The Kier molecular flexibility index (Phi) is 9.03. The van der Waals surface area contributed by atoms with Crippen LogP contribution in [-0.2, 0) is 6.42 Å². The van der Waals surface area contributed by atoms with E-state index < -0.39 is 6.10 Å². The Bertz CT molecular complexity index is 841. The molecule has 2 aromatic rings. The fourth-order valence-electron chi connectivity index (χ4n) is 2.78. The first kappa shape index (κ1) is 22.3. The smallest absolute Gasteiger partial charge is 0.160 e. The number of rotatable bonds is 11. The van der Waals surface area contributed by atoms with E-state index in [4.69, 9.17) is 19.5 Å². The van der Waals surface area contributed by atoms with Crippen LogP contribution in [-0.4, -0.2) is 45.1 Å². The zero-order valence-corrected chi connectivity index (χ0v) is 17.1. The van der Waals surface area contributed by atoms with Gasteiger partial charge in [0.05, 0.1) is 20.3 Å². The summed E-state index contributed by atoms with van der Waals surface area (Å²) in [6.45, 7) is 3.26. The third kappa shape index (κ3) is 7.15. The van der Waals surface area contributed by atoms with Crippen molar-refractivity contribution < 1.29 is 19.3 Å². The lowest BCUT2D eigenvalue weighted by Gasteiger charge is -2.14. The third-order valence-electron chi connectivity index (χ3n) is 4.45. The molecule has 0 amide bonds. The molecule has 154 valence electrons. The van der Waals surface area contributed by atoms with Crippen molar-refractivity contribution in [3.05, 3.63) is 59.7 Å². The van der Waals surface area contributed by atoms with Gasteiger partial charge in [-0.2, -0.15) is 5.26 Å². The van der Waals surface area contributed by atoms with Crippen molar-refractivity contribution in [3.8, 4) is 23.3 Å². The molecule has 0 saturated heterocycles. The molecule has 6 heteroatoms. The van der Waals surface area contributed by atoms with E-state index in [1.54, 1.807) is 14.2 Å². The number of nitrogens with one attached hydrogen (secondary N) is 1. The van der Waals surface area contributed by atoms with E-state index in [9.17, 15) is 5.11 Å². The average Bonchev–Trinajstić information content (AvgIpc) is 2.75. The first-order valence-electron chi connectivity index (χ1n) is 9.46. The van der Waals surface area contributed by atoms with Crippen LogP contribution in [0.3, 0.4) is 0 Å². The molecule has 0 saturated carbocycles. The fourth-order valence-corrected chi connectivity index (χ4v) is 2.78. The number of methoxy groups -OCH3 is 2. The molecule has 0 aliphatic heterocycles. The molecule has 0 unspecified atom stereocenters. The number of benzene rings is 2. The molecule has 6 nitrogen and oxygen atoms in total. The third-order valence-corrected chi connectivity index (χ3v) is 4.45. The molecule has 0 bridgehead atoms. The maximum Gasteiger partial charge on any atom is 0.160 e. The van der Waals surface area contributed by atoms with Crippen molar-refractivity contribution in [1.82, 2.24) is 5.32 Å². The van der Waals surface area contributed by atoms with Gasteiger partial charge in [-0.1, -0.05) is 18.2 Å². The predicted molar refractivity (Wildman–Crippen MR) is 113 cm³/mol. The van der Waals surface area contributed by atoms with E-state index in [1.807, 2.05) is 55.5 Å². The molecule has 0 spiro atoms. The highest BCUT2D eigenvalue weighted by Gasteiger charge is 2.07. The highest BCUT2D eigenvalue weighted by Crippen LogP contribution is 2.27. The summed E-state index contributed by atoms with van der Waals surface area (Å²) in [7, 11) is 3.23. The Labute approximate surface area is 172 Å². The van der Waals surface area contributed by atoms with Crippen LogP contribution in [0.15, 0.2) is 48.5 Å². The molecular formula is C23H28N2O4. The lowest BCUT2D eigenvalue weighted by Crippen LogP contribution is -2.32. The Morgan fingerprint density at radius 2 is 1.86 bits per heavy atom. The number of allylic oxidation sites excluding steroid dienone is 2. The summed E-state index contributed by atoms with van der Waals surface area (Å²) in [5.74, 6) is 2.10. The molecule has 2 aromatic carbocycles. The van der Waals surface area contributed by atoms with E-state index in [1.165, 1.54) is 6.08 Å². The zero-order valence-electron chi connectivity index (χ0n) is 17.1. The van der Waals surface area contributed by atoms with Crippen molar-refractivity contribution >= 4 is 5.57 Å². The molecule has 0 aliphatic rings. The van der Waals surface area contributed by atoms with Crippen LogP contribution >= 0.6 is 0 Å². The normalized spacial score (nSPS) is 12.2. The van der Waals surface area contributed by atoms with Gasteiger partial charge >= 0.3 is 0 Å². The minimum atomic E-state index is -0.611. The number of aliphatic hydroxyl groups excluding tert-OH is 1. The predicted octanol–water partition coefficient (Wildman–Crippen LogP) is 3.20. The Balaban J connectivity index is 1.70. The number of aliphatic hydroxyl groups is 1. The minimum absolute atomic E-state index is 0.204. The molecule has 0 fully saturated rings. The van der Waals surface area contributed by atoms with Gasteiger partial charge in [-0.15, -0.1) is 0 Å². The van der Waals surface area contributed by atoms with E-state index in [-0.39, 0.29) is 6.61 Å². The van der Waals surface area contributed by atoms with Crippen LogP contribution in [0.1, 0.15) is 18.1 Å². The Morgan fingerprint density at radius 3 is 2.52 bits per heavy atom. The highest BCUT2D eigenvalue weighted by molar-refractivity contribution is 5.66. The van der Waals surface area contributed by atoms with Crippen molar-refractivity contribution in [1.29, 1.82) is 5.26 Å². The molecule has 0 aliphatic carbocycles. The quantitative estimate of drug-likeness (QED) is 0.448. The molecule has 1 atom stereocenters. The number of nitriles is 1. The average molecular weight is 396 g/mol. The number of hydrogen-bond donors (Lipinski definition) is 2. The summed E-state index contributed by atoms with van der Waals surface area (Å²) in [5.41, 5.74) is 3.00. The second-order valence-electron chi connectivity index (χ2n) is 6.59. The Morgan fingerprint density at radius 1 is 1.14 bits per heavy atom. The van der Waals surface area contributed by atoms with Crippen LogP contribution in [0.2, 0.25) is 0 Å². The summed E-state index contributed by atoms with van der Waals surface area (Å²) < 4.78 is 16.2. The monoisotopic (exact) mass is 396 g/mol. The van der Waals surface area contributed by atoms with Gasteiger partial charge in [0, 0.05) is 12.6 Å². The molecule has 0 aromatic heterocycles. The van der Waals surface area contributed by atoms with Gasteiger partial charge in [-0.3, -0.25) is 0 Å². The van der Waals surface area contributed by atoms with Gasteiger partial charge in [-0.25, -0.2) is 0 Å². The standard InChI is InChI=1S/C23H28N2O4/c1-17(10-12-24)19-5-7-21(8-6-19)29-16-20(26)15-25-13-11-18-4-9-22(27-2)23(14-18)28-3/h4-10,14,20,25-26H,11,13,15-16H2,1-3H3/b17-10-/t20-/m0/s1. The lowest BCUT2D eigenvalue weighted by atomic mass is 10.1. The van der Waals surface area contributed by atoms with Crippen molar-refractivity contribution in [2.45, 2.75) is 19.4 Å². The molecule has 0 radical (unpaired) electrons. The summed E-state index contributed by atoms with van der Waals surface area (Å²) in [6, 6.07) is 15.3. The van der Waals surface area contributed by atoms with Crippen LogP contribution in [0.5, 0.6) is 17.2 Å². The van der Waals surface area contributed by atoms with Gasteiger partial charge in [0.25, 0.3) is 0 Å². The van der Waals surface area contributed by atoms with Crippen molar-refractivity contribution in [2.75, 3.05) is 33.9 Å². The first-order valence-corrected chi connectivity index (χ1v) is 9.46. The second kappa shape index (κ2) is 11.7. The second-order valence-corrected chi connectivity index (χ2v) is 6.59. The molecule has 2 rings (SSSR count). The van der Waals surface area contributed by atoms with Gasteiger partial charge in [-0.05, 0) is 60.9 Å². The lowest BCUT2D eigenvalue weighted by molar-refractivity contribution is 0.106. The van der Waals surface area contributed by atoms with Gasteiger partial charge in [0.15, 0.2) is 11.5 Å². The number of nitrogens with zero attached hydrogens (tertiary/aromatic N) is 1. The van der Waals surface area contributed by atoms with Gasteiger partial charge in [0.1, 0.15) is 18.5 Å². The van der Waals surface area contributed by atoms with Crippen LogP contribution in [0.25, 0.3) is 5.57 Å². The minimum Gasteiger partial charge on any atom is -0.493 e. The number of ether oxygens (including phenoxy) is 3. The first-order chi connectivity index (χ1) is 14.1. The van der Waals surface area contributed by atoms with Crippen molar-refractivity contribution in [2.24, 2.45) is 0 Å². The van der Waals surface area contributed by atoms with Gasteiger partial charge < -0.3 is 24.6 Å². The zero-order chi connectivity index (χ0) is 21.1. The molecule has 29 heavy (non-hydrogen) atoms. The van der Waals surface area contributed by atoms with E-state index >= 15 is 0 Å². The molecule has 0 heterocycles. The number of hydrogen-bond acceptors (Lipinski definition) is 6. The van der Waals surface area contributed by atoms with Crippen LogP contribution in [0, 0.1) is 11.3 Å². The highest BCUT2D eigenvalue weighted by atomic mass is 16.5. The largest absolute Gasteiger partial charge is 0.493 e. The summed E-state index contributed by atoms with van der Waals surface area (Å²) in [6.07, 6.45) is 1.71. The van der Waals surface area contributed by atoms with Crippen LogP contribution in [0.4, 0.5) is 0 Å². The maximum absolute atomic E-state index is 10.1. The topological polar surface area (TPSA) is 83.7 Å². The van der Waals surface area contributed by atoms with Crippen molar-refractivity contribution in [3.63, 3.8) is 0 Å². The summed E-state index contributed by atoms with van der Waals surface area (Å²) in [5, 5.41) is 22.0. The Hall–Kier alpha value is -3.01. The van der Waals surface area contributed by atoms with Crippen LogP contribution < -0.4 is 19.5 Å². The summed E-state index contributed by atoms with van der Waals surface area (Å²) in [4.78, 5) is 0. The van der Waals surface area contributed by atoms with Gasteiger partial charge in [0.2, 0.25) is 0 Å². The summed E-state index contributed by atoms with van der Waals surface area (Å²) >= 11 is 0. The van der Waals surface area contributed by atoms with E-state index in [2.05, 4.69) is 5.32 Å². The van der Waals surface area contributed by atoms with E-state index in [0.29, 0.717) is 23.8 Å². The maximum atomic E-state index is 10.1. The SMILES string of the molecule is COc1ccc(CCNC[C@H](O)COc2ccc(/C(C)=C\C#N)cc2)cc1OC. The molecule has 2 N–H and O–H groups in total. The molecular weight excluding hydrogens is 368 g/mol. The van der Waals surface area contributed by atoms with E-state index in [0.717, 1.165) is 29.7 Å². The fraction of sp³-hybridized carbons (Fsp3) is 0.348.